The minimum atomic E-state index is 1.50. The van der Waals surface area contributed by atoms with Crippen LogP contribution in [0, 0.1) is 0 Å². The summed E-state index contributed by atoms with van der Waals surface area (Å²) in [6.07, 6.45) is 11.0. The van der Waals surface area contributed by atoms with E-state index in [9.17, 15) is 0 Å². The Bertz CT molecular complexity index is 95.6. The first kappa shape index (κ1) is 7.02. The summed E-state index contributed by atoms with van der Waals surface area (Å²) in [6, 6.07) is 0. The summed E-state index contributed by atoms with van der Waals surface area (Å²) in [7, 11) is 0. The molecule has 0 aromatic heterocycles. The molecule has 0 atom stereocenters. The molecule has 0 aromatic rings. The van der Waals surface area contributed by atoms with Gasteiger partial charge in [-0.05, 0) is 19.2 Å². The molecule has 2 N–H and O–H groups in total. The van der Waals surface area contributed by atoms with Crippen LogP contribution in [0.3, 0.4) is 0 Å². The number of hydrogen-bond donors (Lipinski definition) is 1. The fourth-order valence-corrected chi connectivity index (χ4v) is 0.304. The maximum Gasteiger partial charge on any atom is -0.00624 e. The zero-order valence-corrected chi connectivity index (χ0v) is 5.04. The lowest BCUT2D eigenvalue weighted by Gasteiger charge is -1.68. The molecule has 1 heteroatoms. The largest absolute Gasteiger partial charge is 0.405 e. The lowest BCUT2D eigenvalue weighted by molar-refractivity contribution is 1.60. The molecule has 0 aliphatic heterocycles. The number of rotatable bonds is 2. The number of allylic oxidation sites excluding steroid dienone is 5. The third-order valence-electron chi connectivity index (χ3n) is 0.637. The second-order valence-electron chi connectivity index (χ2n) is 1.30. The molecule has 0 bridgehead atoms. The summed E-state index contributed by atoms with van der Waals surface area (Å²) < 4.78 is 0. The molecule has 0 fully saturated rings. The Morgan fingerprint density at radius 2 is 1.62 bits per heavy atom. The van der Waals surface area contributed by atoms with Gasteiger partial charge >= 0.3 is 0 Å². The van der Waals surface area contributed by atoms with Crippen molar-refractivity contribution in [3.63, 3.8) is 0 Å². The summed E-state index contributed by atoms with van der Waals surface area (Å²) in [4.78, 5) is 0. The van der Waals surface area contributed by atoms with Crippen LogP contribution in [-0.4, -0.2) is 0 Å². The third-order valence-corrected chi connectivity index (χ3v) is 0.637. The van der Waals surface area contributed by atoms with E-state index in [4.69, 9.17) is 5.73 Å². The Labute approximate surface area is 50.2 Å². The van der Waals surface area contributed by atoms with Gasteiger partial charge in [0.1, 0.15) is 0 Å². The number of nitrogens with two attached hydrogens (primary N) is 1. The monoisotopic (exact) mass is 109 g/mol. The molecule has 0 unspecified atom stereocenters. The van der Waals surface area contributed by atoms with E-state index in [0.717, 1.165) is 0 Å². The summed E-state index contributed by atoms with van der Waals surface area (Å²) in [5, 5.41) is 0. The first-order valence-corrected chi connectivity index (χ1v) is 2.58. The molecule has 0 aliphatic rings. The quantitative estimate of drug-likeness (QED) is 0.535. The summed E-state index contributed by atoms with van der Waals surface area (Å²) in [5.41, 5.74) is 5.05. The van der Waals surface area contributed by atoms with Crippen molar-refractivity contribution >= 4 is 0 Å². The zero-order chi connectivity index (χ0) is 6.24. The Balaban J connectivity index is 3.35. The highest BCUT2D eigenvalue weighted by molar-refractivity contribution is 5.09. The molecule has 0 saturated heterocycles. The van der Waals surface area contributed by atoms with Crippen molar-refractivity contribution < 1.29 is 0 Å². The smallest absolute Gasteiger partial charge is 0.00624 e. The molecule has 0 rings (SSSR count). The van der Waals surface area contributed by atoms with Crippen molar-refractivity contribution in [3.8, 4) is 0 Å². The fraction of sp³-hybridized carbons (Fsp3) is 0.143. The van der Waals surface area contributed by atoms with Gasteiger partial charge in [0.15, 0.2) is 0 Å². The normalized spacial score (nSPS) is 12.6. The maximum absolute atomic E-state index is 5.05. The van der Waals surface area contributed by atoms with Gasteiger partial charge in [-0.2, -0.15) is 0 Å². The average molecular weight is 109 g/mol. The van der Waals surface area contributed by atoms with Crippen LogP contribution in [-0.2, 0) is 0 Å². The molecule has 44 valence electrons. The molecule has 0 aromatic carbocycles. The van der Waals surface area contributed by atoms with Crippen molar-refractivity contribution in [3.05, 3.63) is 36.6 Å². The molecule has 8 heavy (non-hydrogen) atoms. The van der Waals surface area contributed by atoms with Gasteiger partial charge in [-0.1, -0.05) is 24.3 Å². The van der Waals surface area contributed by atoms with Crippen molar-refractivity contribution in [2.75, 3.05) is 0 Å². The molecule has 0 saturated carbocycles. The summed E-state index contributed by atoms with van der Waals surface area (Å²) in [6.45, 7) is 1.97. The Morgan fingerprint density at radius 1 is 1.00 bits per heavy atom. The van der Waals surface area contributed by atoms with E-state index < -0.39 is 0 Å². The van der Waals surface area contributed by atoms with Crippen LogP contribution in [0.15, 0.2) is 36.6 Å². The van der Waals surface area contributed by atoms with E-state index >= 15 is 0 Å². The van der Waals surface area contributed by atoms with E-state index in [-0.39, 0.29) is 0 Å². The highest BCUT2D eigenvalue weighted by Gasteiger charge is 1.55. The van der Waals surface area contributed by atoms with E-state index in [1.54, 1.807) is 6.08 Å². The molecule has 0 heterocycles. The highest BCUT2D eigenvalue weighted by Crippen LogP contribution is 1.75. The van der Waals surface area contributed by atoms with Gasteiger partial charge in [0.25, 0.3) is 0 Å². The van der Waals surface area contributed by atoms with Crippen molar-refractivity contribution in [2.45, 2.75) is 6.92 Å². The molecule has 0 radical (unpaired) electrons. The van der Waals surface area contributed by atoms with Gasteiger partial charge < -0.3 is 5.73 Å². The topological polar surface area (TPSA) is 26.0 Å². The highest BCUT2D eigenvalue weighted by atomic mass is 14.5. The second-order valence-corrected chi connectivity index (χ2v) is 1.30. The van der Waals surface area contributed by atoms with E-state index in [0.29, 0.717) is 0 Å². The average Bonchev–Trinajstić information content (AvgIpc) is 1.81. The van der Waals surface area contributed by atoms with Gasteiger partial charge in [-0.25, -0.2) is 0 Å². The maximum atomic E-state index is 5.05. The van der Waals surface area contributed by atoms with Crippen LogP contribution in [0.25, 0.3) is 0 Å². The first-order valence-electron chi connectivity index (χ1n) is 2.58. The third kappa shape index (κ3) is 5.02. The first-order chi connectivity index (χ1) is 3.91. The van der Waals surface area contributed by atoms with E-state index in [1.165, 1.54) is 6.20 Å². The lowest BCUT2D eigenvalue weighted by Crippen LogP contribution is -1.71. The Hall–Kier alpha value is -0.980. The SMILES string of the molecule is C/C=C/C=C/C=C/N. The van der Waals surface area contributed by atoms with Gasteiger partial charge in [-0.15, -0.1) is 0 Å². The Kier molecular flexibility index (Phi) is 5.28. The van der Waals surface area contributed by atoms with Crippen LogP contribution < -0.4 is 5.73 Å². The second kappa shape index (κ2) is 6.02. The van der Waals surface area contributed by atoms with E-state index in [1.807, 2.05) is 31.2 Å². The summed E-state index contributed by atoms with van der Waals surface area (Å²) in [5.74, 6) is 0. The van der Waals surface area contributed by atoms with Crippen molar-refractivity contribution in [1.29, 1.82) is 0 Å². The standard InChI is InChI=1S/C7H11N/c1-2-3-4-5-6-7-8/h2-7H,8H2,1H3/b3-2+,5-4+,7-6+. The molecular formula is C7H11N. The van der Waals surface area contributed by atoms with Crippen LogP contribution in [0.2, 0.25) is 0 Å². The van der Waals surface area contributed by atoms with Gasteiger partial charge in [-0.3, -0.25) is 0 Å². The minimum absolute atomic E-state index is 1.50. The van der Waals surface area contributed by atoms with Gasteiger partial charge in [0.05, 0.1) is 0 Å². The molecule has 0 spiro atoms. The minimum Gasteiger partial charge on any atom is -0.405 e. The van der Waals surface area contributed by atoms with Crippen molar-refractivity contribution in [1.82, 2.24) is 0 Å². The van der Waals surface area contributed by atoms with Crippen LogP contribution in [0.4, 0.5) is 0 Å². The fourth-order valence-electron chi connectivity index (χ4n) is 0.304. The molecule has 0 amide bonds. The number of hydrogen-bond acceptors (Lipinski definition) is 1. The van der Waals surface area contributed by atoms with Crippen LogP contribution >= 0.6 is 0 Å². The van der Waals surface area contributed by atoms with Gasteiger partial charge in [0.2, 0.25) is 0 Å². The predicted molar refractivity (Wildman–Crippen MR) is 37.3 cm³/mol. The predicted octanol–water partition coefficient (Wildman–Crippen LogP) is 1.59. The zero-order valence-electron chi connectivity index (χ0n) is 5.04. The lowest BCUT2D eigenvalue weighted by atomic mass is 10.4. The molecular weight excluding hydrogens is 98.1 g/mol. The molecule has 1 nitrogen and oxygen atoms in total. The Morgan fingerprint density at radius 3 is 2.12 bits per heavy atom. The van der Waals surface area contributed by atoms with Crippen LogP contribution in [0.5, 0.6) is 0 Å². The summed E-state index contributed by atoms with van der Waals surface area (Å²) >= 11 is 0. The molecule has 0 aliphatic carbocycles. The van der Waals surface area contributed by atoms with Crippen molar-refractivity contribution in [2.24, 2.45) is 5.73 Å². The van der Waals surface area contributed by atoms with Crippen LogP contribution in [0.1, 0.15) is 6.92 Å². The van der Waals surface area contributed by atoms with E-state index in [2.05, 4.69) is 0 Å². The van der Waals surface area contributed by atoms with Gasteiger partial charge in [0, 0.05) is 0 Å².